The molecule has 0 aliphatic rings. The first-order chi connectivity index (χ1) is 9.01. The summed E-state index contributed by atoms with van der Waals surface area (Å²) >= 11 is 0. The third kappa shape index (κ3) is 2.93. The Balaban J connectivity index is 2.34. The van der Waals surface area contributed by atoms with Crippen LogP contribution in [0.1, 0.15) is 25.8 Å². The highest BCUT2D eigenvalue weighted by Gasteiger charge is 2.13. The van der Waals surface area contributed by atoms with Gasteiger partial charge in [-0.15, -0.1) is 0 Å². The van der Waals surface area contributed by atoms with Crippen LogP contribution in [-0.2, 0) is 11.3 Å². The number of anilines is 1. The number of hydrogen-bond acceptors (Lipinski definition) is 3. The molecule has 0 aliphatic carbocycles. The first-order valence-corrected chi connectivity index (χ1v) is 6.53. The minimum atomic E-state index is -0.151. The number of imidazole rings is 1. The third-order valence-electron chi connectivity index (χ3n) is 2.98. The van der Waals surface area contributed by atoms with Crippen LogP contribution in [-0.4, -0.2) is 21.5 Å². The highest BCUT2D eigenvalue weighted by Crippen LogP contribution is 2.21. The van der Waals surface area contributed by atoms with Crippen LogP contribution in [0.3, 0.4) is 0 Å². The molecule has 1 amide bonds. The molecule has 5 heteroatoms. The Labute approximate surface area is 112 Å². The molecule has 3 N–H and O–H groups in total. The molecule has 0 fully saturated rings. The Morgan fingerprint density at radius 1 is 1.53 bits per heavy atom. The van der Waals surface area contributed by atoms with Crippen LogP contribution in [0.5, 0.6) is 0 Å². The summed E-state index contributed by atoms with van der Waals surface area (Å²) in [5, 5.41) is 2.83. The molecule has 102 valence electrons. The Kier molecular flexibility index (Phi) is 3.85. The van der Waals surface area contributed by atoms with E-state index in [1.165, 1.54) is 0 Å². The fraction of sp³-hybridized carbons (Fsp3) is 0.429. The summed E-state index contributed by atoms with van der Waals surface area (Å²) in [4.78, 5) is 16.3. The van der Waals surface area contributed by atoms with Crippen LogP contribution in [0.4, 0.5) is 5.95 Å². The van der Waals surface area contributed by atoms with Gasteiger partial charge in [-0.05, 0) is 38.5 Å². The first kappa shape index (κ1) is 13.5. The highest BCUT2D eigenvalue weighted by atomic mass is 16.1. The summed E-state index contributed by atoms with van der Waals surface area (Å²) in [6, 6.07) is 5.94. The number of carbonyl (C=O) groups is 1. The quantitative estimate of drug-likeness (QED) is 0.883. The fourth-order valence-corrected chi connectivity index (χ4v) is 2.12. The molecular weight excluding hydrogens is 240 g/mol. The van der Waals surface area contributed by atoms with E-state index >= 15 is 0 Å². The molecule has 0 aliphatic heterocycles. The molecule has 0 bridgehead atoms. The molecule has 1 aromatic heterocycles. The lowest BCUT2D eigenvalue weighted by Crippen LogP contribution is -2.25. The number of rotatable bonds is 4. The van der Waals surface area contributed by atoms with Gasteiger partial charge in [0.2, 0.25) is 11.9 Å². The molecule has 1 unspecified atom stereocenters. The molecule has 1 aromatic carbocycles. The monoisotopic (exact) mass is 260 g/mol. The second kappa shape index (κ2) is 5.40. The highest BCUT2D eigenvalue weighted by molar-refractivity contribution is 5.91. The van der Waals surface area contributed by atoms with Crippen molar-refractivity contribution in [2.45, 2.75) is 39.8 Å². The van der Waals surface area contributed by atoms with E-state index in [2.05, 4.69) is 10.3 Å². The van der Waals surface area contributed by atoms with Gasteiger partial charge in [-0.1, -0.05) is 6.07 Å². The normalized spacial score (nSPS) is 12.6. The van der Waals surface area contributed by atoms with Gasteiger partial charge in [0.1, 0.15) is 0 Å². The largest absolute Gasteiger partial charge is 0.327 e. The van der Waals surface area contributed by atoms with Crippen molar-refractivity contribution in [3.8, 4) is 0 Å². The van der Waals surface area contributed by atoms with E-state index in [-0.39, 0.29) is 11.9 Å². The summed E-state index contributed by atoms with van der Waals surface area (Å²) in [6.07, 6.45) is 0.298. The van der Waals surface area contributed by atoms with Gasteiger partial charge in [0.15, 0.2) is 0 Å². The van der Waals surface area contributed by atoms with Gasteiger partial charge < -0.3 is 10.3 Å². The number of nitrogens with zero attached hydrogens (tertiary/aromatic N) is 2. The summed E-state index contributed by atoms with van der Waals surface area (Å²) in [5.74, 6) is 0.491. The Morgan fingerprint density at radius 3 is 2.89 bits per heavy atom. The maximum Gasteiger partial charge on any atom is 0.228 e. The van der Waals surface area contributed by atoms with E-state index in [0.717, 1.165) is 23.1 Å². The molecule has 0 spiro atoms. The van der Waals surface area contributed by atoms with Gasteiger partial charge in [-0.25, -0.2) is 4.98 Å². The van der Waals surface area contributed by atoms with Crippen molar-refractivity contribution in [3.63, 3.8) is 0 Å². The van der Waals surface area contributed by atoms with Crippen LogP contribution < -0.4 is 11.1 Å². The van der Waals surface area contributed by atoms with Crippen LogP contribution >= 0.6 is 0 Å². The van der Waals surface area contributed by atoms with E-state index in [9.17, 15) is 4.79 Å². The molecule has 1 atom stereocenters. The number of aromatic nitrogens is 2. The number of fused-ring (bicyclic) bond motifs is 1. The minimum absolute atomic E-state index is 0.100. The zero-order valence-corrected chi connectivity index (χ0v) is 11.6. The summed E-state index contributed by atoms with van der Waals surface area (Å²) in [5.41, 5.74) is 8.71. The lowest BCUT2D eigenvalue weighted by atomic mass is 10.2. The number of nitrogens with two attached hydrogens (primary N) is 1. The minimum Gasteiger partial charge on any atom is -0.327 e. The lowest BCUT2D eigenvalue weighted by Gasteiger charge is -2.08. The van der Waals surface area contributed by atoms with E-state index in [4.69, 9.17) is 5.73 Å². The lowest BCUT2D eigenvalue weighted by molar-refractivity contribution is -0.116. The standard InChI is InChI=1S/C14H20N4O/c1-4-18-12-6-5-9(2)7-11(12)16-14(18)17-13(19)8-10(3)15/h5-7,10H,4,8,15H2,1-3H3,(H,16,17,19). The van der Waals surface area contributed by atoms with Crippen molar-refractivity contribution < 1.29 is 4.79 Å². The van der Waals surface area contributed by atoms with Crippen LogP contribution in [0.2, 0.25) is 0 Å². The smallest absolute Gasteiger partial charge is 0.228 e. The van der Waals surface area contributed by atoms with Crippen LogP contribution in [0.15, 0.2) is 18.2 Å². The molecule has 1 heterocycles. The Bertz CT molecular complexity index is 601. The number of nitrogens with one attached hydrogen (secondary N) is 1. The molecule has 2 rings (SSSR count). The van der Waals surface area contributed by atoms with E-state index in [0.29, 0.717) is 12.4 Å². The zero-order chi connectivity index (χ0) is 14.0. The topological polar surface area (TPSA) is 72.9 Å². The average Bonchev–Trinajstić information content (AvgIpc) is 2.63. The van der Waals surface area contributed by atoms with Crippen LogP contribution in [0.25, 0.3) is 11.0 Å². The van der Waals surface area contributed by atoms with E-state index < -0.39 is 0 Å². The van der Waals surface area contributed by atoms with Crippen molar-refractivity contribution in [1.29, 1.82) is 0 Å². The van der Waals surface area contributed by atoms with Gasteiger partial charge in [-0.3, -0.25) is 10.1 Å². The summed E-state index contributed by atoms with van der Waals surface area (Å²) < 4.78 is 1.99. The zero-order valence-electron chi connectivity index (χ0n) is 11.6. The molecule has 0 saturated heterocycles. The van der Waals surface area contributed by atoms with Gasteiger partial charge >= 0.3 is 0 Å². The van der Waals surface area contributed by atoms with Gasteiger partial charge in [0.25, 0.3) is 0 Å². The van der Waals surface area contributed by atoms with Gasteiger partial charge in [0, 0.05) is 19.0 Å². The fourth-order valence-electron chi connectivity index (χ4n) is 2.12. The number of benzene rings is 1. The molecule has 19 heavy (non-hydrogen) atoms. The average molecular weight is 260 g/mol. The second-order valence-corrected chi connectivity index (χ2v) is 4.90. The van der Waals surface area contributed by atoms with Crippen molar-refractivity contribution in [3.05, 3.63) is 23.8 Å². The third-order valence-corrected chi connectivity index (χ3v) is 2.98. The van der Waals surface area contributed by atoms with Crippen molar-refractivity contribution in [2.75, 3.05) is 5.32 Å². The Morgan fingerprint density at radius 2 is 2.26 bits per heavy atom. The number of aryl methyl sites for hydroxylation is 2. The maximum atomic E-state index is 11.8. The van der Waals surface area contributed by atoms with Crippen molar-refractivity contribution in [2.24, 2.45) is 5.73 Å². The SMILES string of the molecule is CCn1c(NC(=O)CC(C)N)nc2cc(C)ccc21. The maximum absolute atomic E-state index is 11.8. The predicted molar refractivity (Wildman–Crippen MR) is 77.0 cm³/mol. The van der Waals surface area contributed by atoms with Crippen molar-refractivity contribution >= 4 is 22.9 Å². The first-order valence-electron chi connectivity index (χ1n) is 6.53. The van der Waals surface area contributed by atoms with E-state index in [1.54, 1.807) is 0 Å². The number of hydrogen-bond donors (Lipinski definition) is 2. The number of amides is 1. The Hall–Kier alpha value is -1.88. The van der Waals surface area contributed by atoms with Crippen LogP contribution in [0, 0.1) is 6.92 Å². The molecule has 0 radical (unpaired) electrons. The van der Waals surface area contributed by atoms with Gasteiger partial charge in [-0.2, -0.15) is 0 Å². The summed E-state index contributed by atoms with van der Waals surface area (Å²) in [6.45, 7) is 6.63. The molecular formula is C14H20N4O. The molecule has 5 nitrogen and oxygen atoms in total. The van der Waals surface area contributed by atoms with Crippen molar-refractivity contribution in [1.82, 2.24) is 9.55 Å². The molecule has 0 saturated carbocycles. The molecule has 2 aromatic rings. The summed E-state index contributed by atoms with van der Waals surface area (Å²) in [7, 11) is 0. The van der Waals surface area contributed by atoms with E-state index in [1.807, 2.05) is 43.5 Å². The second-order valence-electron chi connectivity index (χ2n) is 4.90. The number of carbonyl (C=O) groups excluding carboxylic acids is 1. The predicted octanol–water partition coefficient (Wildman–Crippen LogP) is 2.04. The van der Waals surface area contributed by atoms with Gasteiger partial charge in [0.05, 0.1) is 11.0 Å².